The third-order valence-corrected chi connectivity index (χ3v) is 10.4. The van der Waals surface area contributed by atoms with Gasteiger partial charge in [-0.3, -0.25) is 42.6 Å². The smallest absolute Gasteiger partial charge is 0.336 e. The van der Waals surface area contributed by atoms with E-state index >= 15 is 0 Å². The van der Waals surface area contributed by atoms with Crippen molar-refractivity contribution in [2.24, 2.45) is 5.92 Å². The van der Waals surface area contributed by atoms with Crippen molar-refractivity contribution >= 4 is 64.5 Å². The van der Waals surface area contributed by atoms with E-state index in [1.54, 1.807) is 44.2 Å². The predicted molar refractivity (Wildman–Crippen MR) is 193 cm³/mol. The number of fused-ring (bicyclic) bond motifs is 2. The van der Waals surface area contributed by atoms with Gasteiger partial charge in [0.25, 0.3) is 11.5 Å². The molecule has 6 N–H and O–H groups in total. The van der Waals surface area contributed by atoms with Crippen molar-refractivity contribution in [3.63, 3.8) is 0 Å². The minimum absolute atomic E-state index is 0.0373. The van der Waals surface area contributed by atoms with Crippen LogP contribution in [0.3, 0.4) is 0 Å². The van der Waals surface area contributed by atoms with E-state index in [2.05, 4.69) is 45.3 Å². The molecule has 0 aliphatic carbocycles. The number of aliphatic hydroxyl groups is 1. The zero-order chi connectivity index (χ0) is 39.7. The van der Waals surface area contributed by atoms with Gasteiger partial charge in [-0.25, -0.2) is 19.9 Å². The van der Waals surface area contributed by atoms with Crippen LogP contribution in [0.5, 0.6) is 0 Å². The number of benzene rings is 1. The maximum absolute atomic E-state index is 13.2. The number of imidazole rings is 2. The van der Waals surface area contributed by atoms with E-state index in [-0.39, 0.29) is 53.5 Å². The van der Waals surface area contributed by atoms with E-state index in [1.165, 1.54) is 28.1 Å². The van der Waals surface area contributed by atoms with Crippen molar-refractivity contribution < 1.29 is 50.8 Å². The molecule has 2 aliphatic heterocycles. The standard InChI is InChI=1S/C31H36N11O12PS/c1-15(2)27(44)39-31-38-26-23(29(46)40-31)35-14-42(26)30-19(53-55(47)48)8-17(51-30)10-36-56(49,50)54-18-9-21(52-20(18)11-43)41-13-34-22-24(32-12-33-25(22)41)37-28(45)16-6-4-3-5-7-16/h3-7,12-15,17-21,30,36,43,55H,8-11H2,1-2H3,(H,47,48)(H,32,33,37,45)(H2,38,39,40,44,46)/t17-,18-,19+,20+,21+,30+/m0/s1. The Kier molecular flexibility index (Phi) is 11.3. The second-order valence-electron chi connectivity index (χ2n) is 13.0. The number of aliphatic hydroxyl groups excluding tert-OH is 1. The van der Waals surface area contributed by atoms with Gasteiger partial charge in [0.1, 0.15) is 30.9 Å². The fourth-order valence-electron chi connectivity index (χ4n) is 6.21. The van der Waals surface area contributed by atoms with E-state index in [0.29, 0.717) is 5.56 Å². The van der Waals surface area contributed by atoms with Crippen LogP contribution in [0.15, 0.2) is 54.1 Å². The first-order valence-electron chi connectivity index (χ1n) is 17.1. The Balaban J connectivity index is 1.02. The zero-order valence-corrected chi connectivity index (χ0v) is 31.3. The first-order chi connectivity index (χ1) is 26.8. The minimum Gasteiger partial charge on any atom is -0.394 e. The van der Waals surface area contributed by atoms with Crippen LogP contribution in [0, 0.1) is 5.92 Å². The molecule has 0 radical (unpaired) electrons. The number of carbonyl (C=O) groups is 2. The van der Waals surface area contributed by atoms with Crippen molar-refractivity contribution in [3.05, 3.63) is 65.2 Å². The van der Waals surface area contributed by atoms with Crippen LogP contribution in [-0.4, -0.2) is 107 Å². The number of ether oxygens (including phenoxy) is 2. The Morgan fingerprint density at radius 2 is 1.77 bits per heavy atom. The molecule has 1 unspecified atom stereocenters. The van der Waals surface area contributed by atoms with Crippen LogP contribution in [0.4, 0.5) is 11.8 Å². The highest BCUT2D eigenvalue weighted by molar-refractivity contribution is 7.84. The molecular weight excluding hydrogens is 781 g/mol. The van der Waals surface area contributed by atoms with E-state index in [0.717, 1.165) is 0 Å². The largest absolute Gasteiger partial charge is 0.394 e. The van der Waals surface area contributed by atoms with Crippen LogP contribution in [0.1, 0.15) is 49.5 Å². The lowest BCUT2D eigenvalue weighted by atomic mass is 10.2. The van der Waals surface area contributed by atoms with E-state index < -0.39 is 85.3 Å². The highest BCUT2D eigenvalue weighted by atomic mass is 32.2. The second-order valence-corrected chi connectivity index (χ2v) is 15.2. The fraction of sp³-hybridized carbons (Fsp3) is 0.419. The summed E-state index contributed by atoms with van der Waals surface area (Å²) in [6.07, 6.45) is -2.71. The van der Waals surface area contributed by atoms with Gasteiger partial charge in [0, 0.05) is 30.9 Å². The molecule has 0 bridgehead atoms. The number of amides is 2. The van der Waals surface area contributed by atoms with E-state index in [1.807, 2.05) is 0 Å². The van der Waals surface area contributed by atoms with Crippen LogP contribution in [-0.2, 0) is 37.8 Å². The highest BCUT2D eigenvalue weighted by Gasteiger charge is 2.42. The predicted octanol–water partition coefficient (Wildman–Crippen LogP) is 0.360. The zero-order valence-electron chi connectivity index (χ0n) is 29.5. The summed E-state index contributed by atoms with van der Waals surface area (Å²) in [6, 6.07) is 8.49. The van der Waals surface area contributed by atoms with Crippen molar-refractivity contribution in [2.45, 2.75) is 63.6 Å². The summed E-state index contributed by atoms with van der Waals surface area (Å²) in [4.78, 5) is 70.8. The van der Waals surface area contributed by atoms with Gasteiger partial charge < -0.3 is 29.3 Å². The lowest BCUT2D eigenvalue weighted by Gasteiger charge is -2.20. The Bertz CT molecular complexity index is 2440. The summed E-state index contributed by atoms with van der Waals surface area (Å²) in [5.41, 5.74) is 0.0810. The normalized spacial score (nSPS) is 23.2. The Labute approximate surface area is 317 Å². The third-order valence-electron chi connectivity index (χ3n) is 8.91. The molecule has 5 aromatic rings. The molecule has 2 saturated heterocycles. The maximum Gasteiger partial charge on any atom is 0.336 e. The van der Waals surface area contributed by atoms with Gasteiger partial charge in [0.2, 0.25) is 11.9 Å². The molecule has 56 heavy (non-hydrogen) atoms. The fourth-order valence-corrected chi connectivity index (χ4v) is 7.67. The molecule has 7 atom stereocenters. The summed E-state index contributed by atoms with van der Waals surface area (Å²) in [5, 5.41) is 15.3. The molecule has 0 spiro atoms. The summed E-state index contributed by atoms with van der Waals surface area (Å²) < 4.78 is 65.9. The van der Waals surface area contributed by atoms with E-state index in [4.69, 9.17) is 18.2 Å². The van der Waals surface area contributed by atoms with Crippen LogP contribution < -0.4 is 20.9 Å². The van der Waals surface area contributed by atoms with Gasteiger partial charge in [-0.2, -0.15) is 18.1 Å². The molecule has 298 valence electrons. The lowest BCUT2D eigenvalue weighted by Crippen LogP contribution is -2.38. The number of nitrogens with zero attached hydrogens (tertiary/aromatic N) is 7. The molecule has 25 heteroatoms. The molecular formula is C31H36N11O12PS. The number of hydrogen-bond acceptors (Lipinski definition) is 16. The molecule has 7 rings (SSSR count). The number of anilines is 2. The van der Waals surface area contributed by atoms with Gasteiger partial charge in [-0.1, -0.05) is 32.0 Å². The lowest BCUT2D eigenvalue weighted by molar-refractivity contribution is -0.118. The van der Waals surface area contributed by atoms with Crippen molar-refractivity contribution in [1.82, 2.24) is 43.8 Å². The third kappa shape index (κ3) is 8.37. The van der Waals surface area contributed by atoms with Gasteiger partial charge in [0.05, 0.1) is 25.4 Å². The average Bonchev–Trinajstić information content (AvgIpc) is 3.96. The number of carbonyl (C=O) groups excluding carboxylic acids is 2. The first kappa shape index (κ1) is 39.2. The number of hydrogen-bond donors (Lipinski definition) is 6. The van der Waals surface area contributed by atoms with Gasteiger partial charge >= 0.3 is 18.6 Å². The molecule has 2 fully saturated rings. The van der Waals surface area contributed by atoms with E-state index in [9.17, 15) is 37.4 Å². The Hall–Kier alpha value is -5.04. The molecule has 4 aromatic heterocycles. The van der Waals surface area contributed by atoms with Gasteiger partial charge in [0.15, 0.2) is 34.4 Å². The number of H-pyrrole nitrogens is 1. The minimum atomic E-state index is -4.53. The summed E-state index contributed by atoms with van der Waals surface area (Å²) in [7, 11) is -8.06. The average molecular weight is 818 g/mol. The van der Waals surface area contributed by atoms with Crippen LogP contribution >= 0.6 is 8.25 Å². The molecule has 23 nitrogen and oxygen atoms in total. The molecule has 2 aliphatic rings. The topological polar surface area (TPSA) is 306 Å². The first-order valence-corrected chi connectivity index (χ1v) is 19.8. The number of aromatic nitrogens is 8. The molecule has 0 saturated carbocycles. The summed E-state index contributed by atoms with van der Waals surface area (Å²) in [6.45, 7) is 2.32. The monoisotopic (exact) mass is 817 g/mol. The van der Waals surface area contributed by atoms with Gasteiger partial charge in [-0.05, 0) is 12.1 Å². The number of aromatic amines is 1. The Morgan fingerprint density at radius 3 is 2.50 bits per heavy atom. The van der Waals surface area contributed by atoms with Crippen LogP contribution in [0.2, 0.25) is 0 Å². The summed E-state index contributed by atoms with van der Waals surface area (Å²) in [5.74, 6) is -1.28. The van der Waals surface area contributed by atoms with Crippen LogP contribution in [0.25, 0.3) is 22.3 Å². The quantitative estimate of drug-likeness (QED) is 0.0824. The second kappa shape index (κ2) is 16.2. The van der Waals surface area contributed by atoms with Crippen molar-refractivity contribution in [2.75, 3.05) is 23.8 Å². The molecule has 6 heterocycles. The molecule has 2 amide bonds. The maximum atomic E-state index is 13.2. The molecule has 1 aromatic carbocycles. The SMILES string of the molecule is CC(C)C(=O)Nc1nc2c(ncn2[C@@H]2O[C@H](CNS(=O)(=O)O[C@H]3C[C@H](n4cnc5c(NC(=O)c6ccccc6)ncnc54)O[C@@H]3CO)C[C@H]2O[PH](=O)O)c(=O)[nH]1. The van der Waals surface area contributed by atoms with Crippen molar-refractivity contribution in [3.8, 4) is 0 Å². The summed E-state index contributed by atoms with van der Waals surface area (Å²) >= 11 is 0. The number of nitrogens with one attached hydrogen (secondary N) is 4. The Morgan fingerprint density at radius 1 is 1.02 bits per heavy atom. The van der Waals surface area contributed by atoms with Crippen molar-refractivity contribution in [1.29, 1.82) is 0 Å². The van der Waals surface area contributed by atoms with Gasteiger partial charge in [-0.15, -0.1) is 0 Å². The highest BCUT2D eigenvalue weighted by Crippen LogP contribution is 2.38. The number of rotatable bonds is 14.